The Morgan fingerprint density at radius 3 is 2.33 bits per heavy atom. The third kappa shape index (κ3) is 2.67. The summed E-state index contributed by atoms with van der Waals surface area (Å²) in [4.78, 5) is 0. The number of aromatic nitrogens is 2. The van der Waals surface area contributed by atoms with Crippen LogP contribution in [0, 0.1) is 0 Å². The maximum Gasteiger partial charge on any atom is 0.573 e. The number of nitrogens with one attached hydrogen (secondary N) is 1. The minimum atomic E-state index is -4.68. The number of ether oxygens (including phenoxy) is 1. The third-order valence-electron chi connectivity index (χ3n) is 3.86. The van der Waals surface area contributed by atoms with E-state index in [9.17, 15) is 13.2 Å². The summed E-state index contributed by atoms with van der Waals surface area (Å²) in [7, 11) is 0. The highest BCUT2D eigenvalue weighted by Gasteiger charge is 2.30. The van der Waals surface area contributed by atoms with E-state index in [-0.39, 0.29) is 5.75 Å². The molecule has 0 radical (unpaired) electrons. The Hall–Kier alpha value is -3.02. The van der Waals surface area contributed by atoms with Gasteiger partial charge in [0.25, 0.3) is 0 Å². The van der Waals surface area contributed by atoms with Crippen LogP contribution < -0.4 is 4.74 Å². The van der Waals surface area contributed by atoms with Gasteiger partial charge in [-0.25, -0.2) is 0 Å². The molecule has 0 bridgehead atoms. The van der Waals surface area contributed by atoms with Gasteiger partial charge < -0.3 is 4.74 Å². The largest absolute Gasteiger partial charge is 0.573 e. The molecule has 0 atom stereocenters. The Balaban J connectivity index is 1.72. The lowest BCUT2D eigenvalue weighted by atomic mass is 9.99. The SMILES string of the molecule is FC(F)(F)Oc1ccc(-c2ccc3c(ccc4[nH]ncc43)c2)cc1. The molecule has 1 N–H and O–H groups in total. The molecule has 0 unspecified atom stereocenters. The lowest BCUT2D eigenvalue weighted by Crippen LogP contribution is -2.16. The zero-order chi connectivity index (χ0) is 16.7. The van der Waals surface area contributed by atoms with E-state index in [2.05, 4.69) is 14.9 Å². The number of rotatable bonds is 2. The maximum atomic E-state index is 12.2. The van der Waals surface area contributed by atoms with E-state index < -0.39 is 6.36 Å². The molecular weight excluding hydrogens is 317 g/mol. The van der Waals surface area contributed by atoms with Crippen molar-refractivity contribution in [3.8, 4) is 16.9 Å². The number of hydrogen-bond acceptors (Lipinski definition) is 2. The predicted octanol–water partition coefficient (Wildman–Crippen LogP) is 5.28. The summed E-state index contributed by atoms with van der Waals surface area (Å²) in [6, 6.07) is 15.7. The Bertz CT molecular complexity index is 1020. The highest BCUT2D eigenvalue weighted by atomic mass is 19.4. The summed E-state index contributed by atoms with van der Waals surface area (Å²) in [5.74, 6) is -0.229. The normalized spacial score (nSPS) is 12.0. The molecule has 0 amide bonds. The number of halogens is 3. The highest BCUT2D eigenvalue weighted by Crippen LogP contribution is 2.30. The summed E-state index contributed by atoms with van der Waals surface area (Å²) in [6.45, 7) is 0. The average molecular weight is 328 g/mol. The first kappa shape index (κ1) is 14.6. The van der Waals surface area contributed by atoms with E-state index in [0.717, 1.165) is 32.8 Å². The fraction of sp³-hybridized carbons (Fsp3) is 0.0556. The van der Waals surface area contributed by atoms with Crippen molar-refractivity contribution in [2.45, 2.75) is 6.36 Å². The number of nitrogens with zero attached hydrogens (tertiary/aromatic N) is 1. The molecule has 0 fully saturated rings. The van der Waals surface area contributed by atoms with Crippen LogP contribution >= 0.6 is 0 Å². The second-order valence-electron chi connectivity index (χ2n) is 5.40. The molecule has 0 spiro atoms. The molecular formula is C18H11F3N2O. The van der Waals surface area contributed by atoms with Crippen LogP contribution in [-0.2, 0) is 0 Å². The van der Waals surface area contributed by atoms with Gasteiger partial charge in [-0.05, 0) is 46.2 Å². The molecule has 1 heterocycles. The van der Waals surface area contributed by atoms with Crippen molar-refractivity contribution in [1.29, 1.82) is 0 Å². The molecule has 0 aliphatic carbocycles. The fourth-order valence-electron chi connectivity index (χ4n) is 2.79. The summed E-state index contributed by atoms with van der Waals surface area (Å²) < 4.78 is 40.5. The standard InChI is InChI=1S/C18H11F3N2O/c19-18(20,21)24-14-5-1-11(2-6-14)12-3-7-15-13(9-12)4-8-17-16(15)10-22-23-17/h1-10H,(H,22,23). The van der Waals surface area contributed by atoms with Gasteiger partial charge in [-0.15, -0.1) is 13.2 Å². The summed E-state index contributed by atoms with van der Waals surface area (Å²) in [5, 5.41) is 10.1. The van der Waals surface area contributed by atoms with Gasteiger partial charge in [0, 0.05) is 5.39 Å². The molecule has 0 saturated carbocycles. The molecule has 4 rings (SSSR count). The van der Waals surface area contributed by atoms with E-state index in [1.165, 1.54) is 12.1 Å². The Morgan fingerprint density at radius 2 is 1.58 bits per heavy atom. The zero-order valence-corrected chi connectivity index (χ0v) is 12.3. The van der Waals surface area contributed by atoms with Crippen molar-refractivity contribution in [1.82, 2.24) is 10.2 Å². The Morgan fingerprint density at radius 1 is 0.833 bits per heavy atom. The quantitative estimate of drug-likeness (QED) is 0.543. The molecule has 0 aliphatic rings. The van der Waals surface area contributed by atoms with E-state index in [4.69, 9.17) is 0 Å². The first-order valence-electron chi connectivity index (χ1n) is 7.22. The van der Waals surface area contributed by atoms with Crippen LogP contribution in [0.2, 0.25) is 0 Å². The van der Waals surface area contributed by atoms with Crippen LogP contribution in [0.15, 0.2) is 60.8 Å². The number of fused-ring (bicyclic) bond motifs is 3. The van der Waals surface area contributed by atoms with E-state index in [0.29, 0.717) is 0 Å². The maximum absolute atomic E-state index is 12.2. The number of aromatic amines is 1. The van der Waals surface area contributed by atoms with Crippen molar-refractivity contribution in [2.75, 3.05) is 0 Å². The molecule has 3 aromatic carbocycles. The van der Waals surface area contributed by atoms with Crippen molar-refractivity contribution in [2.24, 2.45) is 0 Å². The van der Waals surface area contributed by atoms with Gasteiger partial charge in [-0.3, -0.25) is 5.10 Å². The molecule has 3 nitrogen and oxygen atoms in total. The predicted molar refractivity (Wildman–Crippen MR) is 85.7 cm³/mol. The second-order valence-corrected chi connectivity index (χ2v) is 5.40. The van der Waals surface area contributed by atoms with Gasteiger partial charge in [0.1, 0.15) is 5.75 Å². The molecule has 1 aromatic heterocycles. The van der Waals surface area contributed by atoms with Gasteiger partial charge >= 0.3 is 6.36 Å². The summed E-state index contributed by atoms with van der Waals surface area (Å²) in [5.41, 5.74) is 2.70. The summed E-state index contributed by atoms with van der Waals surface area (Å²) in [6.07, 6.45) is -2.90. The lowest BCUT2D eigenvalue weighted by Gasteiger charge is -2.10. The van der Waals surface area contributed by atoms with Crippen molar-refractivity contribution in [3.05, 3.63) is 60.8 Å². The van der Waals surface area contributed by atoms with Crippen LogP contribution in [0.5, 0.6) is 5.75 Å². The highest BCUT2D eigenvalue weighted by molar-refractivity contribution is 6.06. The van der Waals surface area contributed by atoms with Gasteiger partial charge in [0.15, 0.2) is 0 Å². The van der Waals surface area contributed by atoms with Crippen LogP contribution in [-0.4, -0.2) is 16.6 Å². The van der Waals surface area contributed by atoms with E-state index in [1.54, 1.807) is 18.3 Å². The van der Waals surface area contributed by atoms with Crippen molar-refractivity contribution in [3.63, 3.8) is 0 Å². The van der Waals surface area contributed by atoms with Gasteiger partial charge in [-0.2, -0.15) is 5.10 Å². The van der Waals surface area contributed by atoms with Crippen molar-refractivity contribution < 1.29 is 17.9 Å². The van der Waals surface area contributed by atoms with Gasteiger partial charge in [0.2, 0.25) is 0 Å². The van der Waals surface area contributed by atoms with Gasteiger partial charge in [-0.1, -0.05) is 30.3 Å². The zero-order valence-electron chi connectivity index (χ0n) is 12.3. The smallest absolute Gasteiger partial charge is 0.406 e. The lowest BCUT2D eigenvalue weighted by molar-refractivity contribution is -0.274. The third-order valence-corrected chi connectivity index (χ3v) is 3.86. The first-order chi connectivity index (χ1) is 11.5. The minimum absolute atomic E-state index is 0.229. The Kier molecular flexibility index (Phi) is 3.19. The van der Waals surface area contributed by atoms with Crippen LogP contribution in [0.25, 0.3) is 32.8 Å². The van der Waals surface area contributed by atoms with Gasteiger partial charge in [0.05, 0.1) is 11.7 Å². The average Bonchev–Trinajstić information content (AvgIpc) is 3.02. The minimum Gasteiger partial charge on any atom is -0.406 e. The summed E-state index contributed by atoms with van der Waals surface area (Å²) >= 11 is 0. The molecule has 120 valence electrons. The molecule has 4 aromatic rings. The van der Waals surface area contributed by atoms with Crippen LogP contribution in [0.3, 0.4) is 0 Å². The molecule has 24 heavy (non-hydrogen) atoms. The first-order valence-corrected chi connectivity index (χ1v) is 7.22. The van der Waals surface area contributed by atoms with E-state index >= 15 is 0 Å². The number of benzene rings is 3. The number of H-pyrrole nitrogens is 1. The monoisotopic (exact) mass is 328 g/mol. The number of alkyl halides is 3. The molecule has 6 heteroatoms. The number of hydrogen-bond donors (Lipinski definition) is 1. The molecule has 0 saturated heterocycles. The van der Waals surface area contributed by atoms with Crippen molar-refractivity contribution >= 4 is 21.7 Å². The fourth-order valence-corrected chi connectivity index (χ4v) is 2.79. The second kappa shape index (κ2) is 5.26. The Labute approximate surface area is 134 Å². The van der Waals surface area contributed by atoms with E-state index in [1.807, 2.05) is 30.3 Å². The molecule has 0 aliphatic heterocycles. The van der Waals surface area contributed by atoms with Crippen LogP contribution in [0.4, 0.5) is 13.2 Å². The van der Waals surface area contributed by atoms with Crippen LogP contribution in [0.1, 0.15) is 0 Å². The topological polar surface area (TPSA) is 37.9 Å².